The summed E-state index contributed by atoms with van der Waals surface area (Å²) >= 11 is 0. The molecule has 2 aliphatic rings. The summed E-state index contributed by atoms with van der Waals surface area (Å²) < 4.78 is 16.8. The molecule has 1 aromatic carbocycles. The number of aromatic nitrogens is 3. The van der Waals surface area contributed by atoms with Crippen molar-refractivity contribution in [2.75, 3.05) is 19.9 Å². The van der Waals surface area contributed by atoms with Crippen molar-refractivity contribution >= 4 is 0 Å². The Morgan fingerprint density at radius 3 is 2.90 bits per heavy atom. The molecule has 0 atom stereocenters. The number of nitrogens with zero attached hydrogens (tertiary/aromatic N) is 3. The van der Waals surface area contributed by atoms with E-state index >= 15 is 0 Å². The lowest BCUT2D eigenvalue weighted by atomic mass is 10.1. The Labute approximate surface area is 173 Å². The van der Waals surface area contributed by atoms with Crippen LogP contribution in [0.4, 0.5) is 0 Å². The third kappa shape index (κ3) is 3.50. The Bertz CT molecular complexity index is 1130. The molecule has 4 heterocycles. The van der Waals surface area contributed by atoms with Gasteiger partial charge in [0, 0.05) is 43.9 Å². The van der Waals surface area contributed by atoms with Crippen molar-refractivity contribution in [1.82, 2.24) is 19.9 Å². The topological polar surface area (TPSA) is 89.6 Å². The zero-order valence-corrected chi connectivity index (χ0v) is 16.7. The zero-order chi connectivity index (χ0) is 20.5. The van der Waals surface area contributed by atoms with Crippen molar-refractivity contribution in [3.05, 3.63) is 63.7 Å². The normalized spacial score (nSPS) is 15.1. The molecule has 2 aliphatic heterocycles. The van der Waals surface area contributed by atoms with Gasteiger partial charge in [0.25, 0.3) is 5.56 Å². The summed E-state index contributed by atoms with van der Waals surface area (Å²) in [5, 5.41) is 0. The highest BCUT2D eigenvalue weighted by atomic mass is 16.7. The predicted octanol–water partition coefficient (Wildman–Crippen LogP) is 2.52. The Kier molecular flexibility index (Phi) is 4.84. The largest absolute Gasteiger partial charge is 0.493 e. The Balaban J connectivity index is 1.40. The number of ether oxygens (including phenoxy) is 3. The minimum Gasteiger partial charge on any atom is -0.493 e. The van der Waals surface area contributed by atoms with Gasteiger partial charge in [-0.2, -0.15) is 0 Å². The molecule has 30 heavy (non-hydrogen) atoms. The average Bonchev–Trinajstić information content (AvgIpc) is 3.22. The van der Waals surface area contributed by atoms with Crippen LogP contribution in [0.25, 0.3) is 11.5 Å². The number of hydrogen-bond acceptors (Lipinski definition) is 7. The van der Waals surface area contributed by atoms with E-state index in [1.165, 1.54) is 0 Å². The van der Waals surface area contributed by atoms with Crippen molar-refractivity contribution in [2.45, 2.75) is 26.4 Å². The number of aromatic amines is 1. The quantitative estimate of drug-likeness (QED) is 0.696. The van der Waals surface area contributed by atoms with E-state index in [0.29, 0.717) is 48.9 Å². The smallest absolute Gasteiger partial charge is 0.255 e. The van der Waals surface area contributed by atoms with E-state index in [4.69, 9.17) is 14.2 Å². The van der Waals surface area contributed by atoms with Gasteiger partial charge in [0.2, 0.25) is 6.79 Å². The maximum Gasteiger partial charge on any atom is 0.255 e. The molecule has 8 nitrogen and oxygen atoms in total. The van der Waals surface area contributed by atoms with Crippen LogP contribution in [-0.2, 0) is 19.5 Å². The van der Waals surface area contributed by atoms with Gasteiger partial charge >= 0.3 is 0 Å². The number of benzene rings is 1. The molecule has 0 saturated heterocycles. The second-order valence-electron chi connectivity index (χ2n) is 7.26. The van der Waals surface area contributed by atoms with E-state index in [2.05, 4.69) is 19.9 Å². The number of H-pyrrole nitrogens is 1. The van der Waals surface area contributed by atoms with Gasteiger partial charge in [0.15, 0.2) is 17.3 Å². The van der Waals surface area contributed by atoms with Gasteiger partial charge in [0.05, 0.1) is 17.9 Å². The first-order chi connectivity index (χ1) is 14.7. The highest BCUT2D eigenvalue weighted by Crippen LogP contribution is 2.39. The summed E-state index contributed by atoms with van der Waals surface area (Å²) in [4.78, 5) is 26.8. The van der Waals surface area contributed by atoms with Crippen LogP contribution < -0.4 is 19.8 Å². The lowest BCUT2D eigenvalue weighted by Gasteiger charge is -2.28. The molecule has 0 radical (unpaired) electrons. The van der Waals surface area contributed by atoms with Gasteiger partial charge in [0.1, 0.15) is 11.4 Å². The van der Waals surface area contributed by atoms with Crippen molar-refractivity contribution in [2.24, 2.45) is 0 Å². The summed E-state index contributed by atoms with van der Waals surface area (Å²) in [6.45, 7) is 4.71. The van der Waals surface area contributed by atoms with Gasteiger partial charge in [-0.15, -0.1) is 0 Å². The minimum atomic E-state index is -0.110. The van der Waals surface area contributed by atoms with E-state index in [9.17, 15) is 4.79 Å². The maximum absolute atomic E-state index is 12.8. The molecule has 1 N–H and O–H groups in total. The average molecular weight is 406 g/mol. The molecule has 0 amide bonds. The number of pyridine rings is 1. The van der Waals surface area contributed by atoms with Crippen molar-refractivity contribution in [3.63, 3.8) is 0 Å². The number of hydrogen-bond donors (Lipinski definition) is 1. The summed E-state index contributed by atoms with van der Waals surface area (Å²) in [5.74, 6) is 2.73. The molecule has 5 rings (SSSR count). The van der Waals surface area contributed by atoms with Gasteiger partial charge in [-0.05, 0) is 25.1 Å². The first kappa shape index (κ1) is 18.6. The van der Waals surface area contributed by atoms with E-state index in [0.717, 1.165) is 29.3 Å². The fourth-order valence-corrected chi connectivity index (χ4v) is 3.86. The molecule has 2 aromatic heterocycles. The molecule has 0 bridgehead atoms. The molecule has 0 unspecified atom stereocenters. The lowest BCUT2D eigenvalue weighted by molar-refractivity contribution is 0.173. The van der Waals surface area contributed by atoms with Crippen LogP contribution in [0.3, 0.4) is 0 Å². The van der Waals surface area contributed by atoms with Crippen LogP contribution in [0.5, 0.6) is 17.2 Å². The zero-order valence-electron chi connectivity index (χ0n) is 16.7. The third-order valence-electron chi connectivity index (χ3n) is 5.30. The van der Waals surface area contributed by atoms with Gasteiger partial charge in [-0.3, -0.25) is 14.7 Å². The Morgan fingerprint density at radius 1 is 1.23 bits per heavy atom. The highest BCUT2D eigenvalue weighted by Gasteiger charge is 2.24. The maximum atomic E-state index is 12.8. The second-order valence-corrected chi connectivity index (χ2v) is 7.26. The summed E-state index contributed by atoms with van der Waals surface area (Å²) in [6.07, 6.45) is 2.39. The minimum absolute atomic E-state index is 0.110. The van der Waals surface area contributed by atoms with Crippen LogP contribution in [0, 0.1) is 0 Å². The monoisotopic (exact) mass is 406 g/mol. The molecule has 8 heteroatoms. The van der Waals surface area contributed by atoms with Crippen LogP contribution in [0.15, 0.2) is 41.3 Å². The fraction of sp³-hybridized carbons (Fsp3) is 0.318. The molecule has 154 valence electrons. The molecular formula is C22H22N4O4. The molecule has 3 aromatic rings. The van der Waals surface area contributed by atoms with Crippen LogP contribution in [-0.4, -0.2) is 39.8 Å². The van der Waals surface area contributed by atoms with E-state index in [1.807, 2.05) is 37.3 Å². The molecule has 0 saturated carbocycles. The number of rotatable bonds is 5. The Hall–Kier alpha value is -3.39. The molecular weight excluding hydrogens is 384 g/mol. The van der Waals surface area contributed by atoms with E-state index in [-0.39, 0.29) is 12.4 Å². The molecule has 0 aliphatic carbocycles. The lowest BCUT2D eigenvalue weighted by Crippen LogP contribution is -2.35. The summed E-state index contributed by atoms with van der Waals surface area (Å²) in [6, 6.07) is 9.41. The van der Waals surface area contributed by atoms with Gasteiger partial charge in [-0.1, -0.05) is 6.07 Å². The SMILES string of the molecule is CCOc1cc2c(cc1CN1CCc3nc(-c4ccccn4)[nH]c(=O)c3C1)OCO2. The van der Waals surface area contributed by atoms with Crippen LogP contribution >= 0.6 is 0 Å². The van der Waals surface area contributed by atoms with Crippen LogP contribution in [0.2, 0.25) is 0 Å². The van der Waals surface area contributed by atoms with E-state index < -0.39 is 0 Å². The van der Waals surface area contributed by atoms with Crippen molar-refractivity contribution in [3.8, 4) is 28.8 Å². The fourth-order valence-electron chi connectivity index (χ4n) is 3.86. The highest BCUT2D eigenvalue weighted by molar-refractivity contribution is 5.52. The number of fused-ring (bicyclic) bond motifs is 2. The Morgan fingerprint density at radius 2 is 2.10 bits per heavy atom. The predicted molar refractivity (Wildman–Crippen MR) is 110 cm³/mol. The van der Waals surface area contributed by atoms with Crippen molar-refractivity contribution in [1.29, 1.82) is 0 Å². The first-order valence-electron chi connectivity index (χ1n) is 10.0. The summed E-state index contributed by atoms with van der Waals surface area (Å²) in [5.41, 5.74) is 3.12. The second kappa shape index (κ2) is 7.79. The molecule has 0 spiro atoms. The standard InChI is InChI=1S/C22H22N4O4/c1-2-28-18-10-20-19(29-13-30-20)9-14(18)11-26-8-6-16-15(12-26)22(27)25-21(24-16)17-5-3-4-7-23-17/h3-5,7,9-10H,2,6,8,11-13H2,1H3,(H,24,25,27). The third-order valence-corrected chi connectivity index (χ3v) is 5.30. The van der Waals surface area contributed by atoms with E-state index in [1.54, 1.807) is 6.20 Å². The first-order valence-corrected chi connectivity index (χ1v) is 10.0. The van der Waals surface area contributed by atoms with Gasteiger partial charge < -0.3 is 19.2 Å². The van der Waals surface area contributed by atoms with Crippen LogP contribution in [0.1, 0.15) is 23.7 Å². The molecule has 0 fully saturated rings. The van der Waals surface area contributed by atoms with Crippen molar-refractivity contribution < 1.29 is 14.2 Å². The summed E-state index contributed by atoms with van der Waals surface area (Å²) in [7, 11) is 0. The number of nitrogens with one attached hydrogen (secondary N) is 1. The van der Waals surface area contributed by atoms with Gasteiger partial charge in [-0.25, -0.2) is 4.98 Å².